The Kier molecular flexibility index (Phi) is 6.13. The molecule has 1 aromatic carbocycles. The first-order valence-corrected chi connectivity index (χ1v) is 7.63. The molecule has 0 bridgehead atoms. The predicted octanol–water partition coefficient (Wildman–Crippen LogP) is 1.55. The SMILES string of the molecule is OCc1ccc(C(O)CC(O)CSc2ncccn2)cc1. The molecule has 0 spiro atoms. The Morgan fingerprint density at radius 3 is 2.33 bits per heavy atom. The quantitative estimate of drug-likeness (QED) is 0.531. The smallest absolute Gasteiger partial charge is 0.187 e. The summed E-state index contributed by atoms with van der Waals surface area (Å²) in [6, 6.07) is 8.78. The molecule has 2 atom stereocenters. The number of hydrogen-bond donors (Lipinski definition) is 3. The van der Waals surface area contributed by atoms with Gasteiger partial charge in [-0.3, -0.25) is 0 Å². The van der Waals surface area contributed by atoms with Crippen molar-refractivity contribution in [3.63, 3.8) is 0 Å². The van der Waals surface area contributed by atoms with Crippen LogP contribution < -0.4 is 0 Å². The van der Waals surface area contributed by atoms with Crippen LogP contribution >= 0.6 is 11.8 Å². The molecule has 0 saturated heterocycles. The molecular weight excluding hydrogens is 288 g/mol. The second-order valence-electron chi connectivity index (χ2n) is 4.65. The van der Waals surface area contributed by atoms with Gasteiger partial charge in [-0.1, -0.05) is 36.0 Å². The highest BCUT2D eigenvalue weighted by Crippen LogP contribution is 2.22. The molecule has 2 unspecified atom stereocenters. The lowest BCUT2D eigenvalue weighted by molar-refractivity contribution is 0.0930. The monoisotopic (exact) mass is 306 g/mol. The highest BCUT2D eigenvalue weighted by molar-refractivity contribution is 7.99. The summed E-state index contributed by atoms with van der Waals surface area (Å²) in [6.45, 7) is -0.0211. The maximum absolute atomic E-state index is 10.1. The largest absolute Gasteiger partial charge is 0.392 e. The van der Waals surface area contributed by atoms with Crippen molar-refractivity contribution in [3.8, 4) is 0 Å². The Morgan fingerprint density at radius 1 is 1.05 bits per heavy atom. The molecule has 2 aromatic rings. The van der Waals surface area contributed by atoms with Crippen molar-refractivity contribution in [2.24, 2.45) is 0 Å². The van der Waals surface area contributed by atoms with Crippen LogP contribution in [0, 0.1) is 0 Å². The fourth-order valence-electron chi connectivity index (χ4n) is 1.84. The lowest BCUT2D eigenvalue weighted by Crippen LogP contribution is -2.15. The van der Waals surface area contributed by atoms with Crippen molar-refractivity contribution >= 4 is 11.8 Å². The fourth-order valence-corrected chi connectivity index (χ4v) is 2.59. The Hall–Kier alpha value is -1.47. The molecule has 112 valence electrons. The molecule has 0 amide bonds. The fraction of sp³-hybridized carbons (Fsp3) is 0.333. The molecule has 0 saturated carbocycles. The third-order valence-electron chi connectivity index (χ3n) is 2.99. The van der Waals surface area contributed by atoms with Gasteiger partial charge < -0.3 is 15.3 Å². The van der Waals surface area contributed by atoms with Crippen LogP contribution in [0.2, 0.25) is 0 Å². The highest BCUT2D eigenvalue weighted by atomic mass is 32.2. The van der Waals surface area contributed by atoms with Crippen molar-refractivity contribution < 1.29 is 15.3 Å². The van der Waals surface area contributed by atoms with Crippen LogP contribution in [0.15, 0.2) is 47.9 Å². The number of nitrogens with zero attached hydrogens (tertiary/aromatic N) is 2. The number of aromatic nitrogens is 2. The molecule has 0 fully saturated rings. The maximum Gasteiger partial charge on any atom is 0.187 e. The number of aliphatic hydroxyl groups is 3. The van der Waals surface area contributed by atoms with E-state index in [1.165, 1.54) is 11.8 Å². The third-order valence-corrected chi connectivity index (χ3v) is 4.01. The van der Waals surface area contributed by atoms with Crippen LogP contribution in [0.25, 0.3) is 0 Å². The minimum Gasteiger partial charge on any atom is -0.392 e. The summed E-state index contributed by atoms with van der Waals surface area (Å²) in [7, 11) is 0. The van der Waals surface area contributed by atoms with Crippen LogP contribution in [-0.2, 0) is 6.61 Å². The second kappa shape index (κ2) is 8.09. The van der Waals surface area contributed by atoms with Crippen molar-refractivity contribution in [1.29, 1.82) is 0 Å². The Balaban J connectivity index is 1.82. The van der Waals surface area contributed by atoms with E-state index >= 15 is 0 Å². The van der Waals surface area contributed by atoms with Crippen LogP contribution in [-0.4, -0.2) is 37.1 Å². The average molecular weight is 306 g/mol. The normalized spacial score (nSPS) is 13.9. The summed E-state index contributed by atoms with van der Waals surface area (Å²) >= 11 is 1.36. The summed E-state index contributed by atoms with van der Waals surface area (Å²) in [5.74, 6) is 0.426. The number of thioether (sulfide) groups is 1. The lowest BCUT2D eigenvalue weighted by atomic mass is 10.0. The van der Waals surface area contributed by atoms with Gasteiger partial charge in [-0.2, -0.15) is 0 Å². The second-order valence-corrected chi connectivity index (χ2v) is 5.63. The Morgan fingerprint density at radius 2 is 1.71 bits per heavy atom. The molecule has 6 heteroatoms. The summed E-state index contributed by atoms with van der Waals surface area (Å²) in [6.07, 6.45) is 2.17. The summed E-state index contributed by atoms with van der Waals surface area (Å²) in [5, 5.41) is 29.6. The van der Waals surface area contributed by atoms with E-state index in [0.717, 1.165) is 11.1 Å². The molecule has 5 nitrogen and oxygen atoms in total. The topological polar surface area (TPSA) is 86.5 Å². The van der Waals surface area contributed by atoms with Gasteiger partial charge >= 0.3 is 0 Å². The maximum atomic E-state index is 10.1. The molecule has 0 aliphatic carbocycles. The van der Waals surface area contributed by atoms with Gasteiger partial charge in [-0.05, 0) is 17.2 Å². The Labute approximate surface area is 127 Å². The third kappa shape index (κ3) is 5.09. The molecule has 0 radical (unpaired) electrons. The number of aliphatic hydroxyl groups excluding tert-OH is 3. The number of rotatable bonds is 7. The van der Waals surface area contributed by atoms with Gasteiger partial charge in [0, 0.05) is 24.6 Å². The minimum absolute atomic E-state index is 0.0211. The van der Waals surface area contributed by atoms with Crippen molar-refractivity contribution in [2.45, 2.75) is 30.4 Å². The molecular formula is C15H18N2O3S. The van der Waals surface area contributed by atoms with Crippen LogP contribution in [0.3, 0.4) is 0 Å². The average Bonchev–Trinajstić information content (AvgIpc) is 2.54. The molecule has 3 N–H and O–H groups in total. The van der Waals surface area contributed by atoms with E-state index in [4.69, 9.17) is 5.11 Å². The van der Waals surface area contributed by atoms with Gasteiger partial charge in [0.25, 0.3) is 0 Å². The van der Waals surface area contributed by atoms with E-state index < -0.39 is 12.2 Å². The van der Waals surface area contributed by atoms with Crippen molar-refractivity contribution in [3.05, 3.63) is 53.9 Å². The molecule has 1 heterocycles. The molecule has 0 aliphatic rings. The lowest BCUT2D eigenvalue weighted by Gasteiger charge is -2.15. The molecule has 1 aromatic heterocycles. The number of benzene rings is 1. The summed E-state index contributed by atoms with van der Waals surface area (Å²) in [5.41, 5.74) is 1.52. The van der Waals surface area contributed by atoms with Crippen LogP contribution in [0.5, 0.6) is 0 Å². The van der Waals surface area contributed by atoms with Gasteiger partial charge in [0.1, 0.15) is 0 Å². The van der Waals surface area contributed by atoms with Crippen LogP contribution in [0.1, 0.15) is 23.7 Å². The van der Waals surface area contributed by atoms with Gasteiger partial charge in [-0.15, -0.1) is 0 Å². The first-order chi connectivity index (χ1) is 10.2. The summed E-state index contributed by atoms with van der Waals surface area (Å²) < 4.78 is 0. The van der Waals surface area contributed by atoms with E-state index in [2.05, 4.69) is 9.97 Å². The van der Waals surface area contributed by atoms with Crippen molar-refractivity contribution in [1.82, 2.24) is 9.97 Å². The standard InChI is InChI=1S/C15H18N2O3S/c18-9-11-2-4-12(5-3-11)14(20)8-13(19)10-21-15-16-6-1-7-17-15/h1-7,13-14,18-20H,8-10H2. The molecule has 0 aliphatic heterocycles. The van der Waals surface area contributed by atoms with E-state index in [1.54, 1.807) is 42.7 Å². The minimum atomic E-state index is -0.731. The predicted molar refractivity (Wildman–Crippen MR) is 80.7 cm³/mol. The highest BCUT2D eigenvalue weighted by Gasteiger charge is 2.14. The summed E-state index contributed by atoms with van der Waals surface area (Å²) in [4.78, 5) is 8.12. The molecule has 2 rings (SSSR count). The van der Waals surface area contributed by atoms with E-state index in [0.29, 0.717) is 10.9 Å². The zero-order valence-corrected chi connectivity index (χ0v) is 12.3. The first kappa shape index (κ1) is 15.9. The van der Waals surface area contributed by atoms with Gasteiger partial charge in [0.15, 0.2) is 5.16 Å². The zero-order chi connectivity index (χ0) is 15.1. The first-order valence-electron chi connectivity index (χ1n) is 6.64. The Bertz CT molecular complexity index is 536. The number of hydrogen-bond acceptors (Lipinski definition) is 6. The van der Waals surface area contributed by atoms with E-state index in [1.807, 2.05) is 0 Å². The zero-order valence-electron chi connectivity index (χ0n) is 11.5. The van der Waals surface area contributed by atoms with Crippen molar-refractivity contribution in [2.75, 3.05) is 5.75 Å². The van der Waals surface area contributed by atoms with Gasteiger partial charge in [-0.25, -0.2) is 9.97 Å². The molecule has 21 heavy (non-hydrogen) atoms. The van der Waals surface area contributed by atoms with Crippen LogP contribution in [0.4, 0.5) is 0 Å². The van der Waals surface area contributed by atoms with Gasteiger partial charge in [0.2, 0.25) is 0 Å². The van der Waals surface area contributed by atoms with E-state index in [-0.39, 0.29) is 13.0 Å². The van der Waals surface area contributed by atoms with E-state index in [9.17, 15) is 10.2 Å². The van der Waals surface area contributed by atoms with Gasteiger partial charge in [0.05, 0.1) is 18.8 Å².